The van der Waals surface area contributed by atoms with Crippen LogP contribution in [0.1, 0.15) is 38.2 Å². The van der Waals surface area contributed by atoms with Crippen molar-refractivity contribution in [3.8, 4) is 62.1 Å². The Balaban J connectivity index is 1.05. The Kier molecular flexibility index (Phi) is 10.1. The van der Waals surface area contributed by atoms with Crippen molar-refractivity contribution in [2.24, 2.45) is 0 Å². The highest BCUT2D eigenvalue weighted by Gasteiger charge is 2.21. The number of fused-ring (bicyclic) bond motifs is 4. The minimum Gasteiger partial charge on any atom is -0.458 e. The Morgan fingerprint density at radius 1 is 0.516 bits per heavy atom. The molecule has 3 heterocycles. The zero-order chi connectivity index (χ0) is 43.0. The van der Waals surface area contributed by atoms with E-state index >= 15 is 0 Å². The Hall–Kier alpha value is -8.02. The third kappa shape index (κ3) is 7.01. The second-order valence-corrected chi connectivity index (χ2v) is 16.4. The molecule has 308 valence electrons. The van der Waals surface area contributed by atoms with E-state index in [1.807, 2.05) is 12.3 Å². The summed E-state index contributed by atoms with van der Waals surface area (Å²) in [7, 11) is 0. The first-order valence-electron chi connectivity index (χ1n) is 22.2. The summed E-state index contributed by atoms with van der Waals surface area (Å²) in [5.41, 5.74) is 14.3. The average Bonchev–Trinajstić information content (AvgIpc) is 3.90. The standard InChI is InChI=1S/C59H46N4O/c1-3-41(4-2)46-34-35-60-58(37-46)63-54-29-15-14-26-52(54)53-32-31-49(39-56(53)63)64-48-25-16-24-47(38-48)61-40-62(57-36-45(30-33-55(57)61)42-18-8-5-9-19-42)59-50(43-20-10-6-11-21-43)27-17-28-51(59)44-22-12-7-13-23-44/h5-39,41H,3-4H2,1-2H3. The van der Waals surface area contributed by atoms with Crippen LogP contribution in [0.2, 0.25) is 0 Å². The van der Waals surface area contributed by atoms with Crippen LogP contribution in [0.3, 0.4) is 0 Å². The van der Waals surface area contributed by atoms with Crippen LogP contribution in [0.15, 0.2) is 212 Å². The summed E-state index contributed by atoms with van der Waals surface area (Å²) in [6.07, 6.45) is 7.99. The lowest BCUT2D eigenvalue weighted by Crippen LogP contribution is -2.31. The number of aromatic nitrogens is 4. The number of hydrogen-bond donors (Lipinski definition) is 0. The lowest BCUT2D eigenvalue weighted by atomic mass is 9.95. The topological polar surface area (TPSA) is 35.9 Å². The van der Waals surface area contributed by atoms with Crippen LogP contribution in [-0.2, 0) is 0 Å². The summed E-state index contributed by atoms with van der Waals surface area (Å²) in [5.74, 6) is 2.88. The van der Waals surface area contributed by atoms with E-state index in [1.54, 1.807) is 0 Å². The first-order chi connectivity index (χ1) is 31.6. The van der Waals surface area contributed by atoms with E-state index in [1.165, 1.54) is 10.9 Å². The lowest BCUT2D eigenvalue weighted by molar-refractivity contribution is -0.571. The number of para-hydroxylation sites is 2. The molecule has 0 unspecified atom stereocenters. The van der Waals surface area contributed by atoms with Gasteiger partial charge in [-0.25, -0.2) is 4.98 Å². The number of hydrogen-bond acceptors (Lipinski definition) is 2. The van der Waals surface area contributed by atoms with Crippen LogP contribution in [0.4, 0.5) is 0 Å². The van der Waals surface area contributed by atoms with E-state index in [0.717, 1.165) is 102 Å². The number of ether oxygens (including phenoxy) is 1. The molecule has 0 saturated heterocycles. The number of imidazole rings is 1. The molecule has 0 amide bonds. The summed E-state index contributed by atoms with van der Waals surface area (Å²) in [5, 5.41) is 2.34. The van der Waals surface area contributed by atoms with Gasteiger partial charge in [0.25, 0.3) is 6.33 Å². The maximum atomic E-state index is 6.80. The van der Waals surface area contributed by atoms with Gasteiger partial charge in [-0.3, -0.25) is 13.7 Å². The van der Waals surface area contributed by atoms with Crippen LogP contribution in [-0.4, -0.2) is 14.1 Å². The van der Waals surface area contributed by atoms with Crippen molar-refractivity contribution in [1.82, 2.24) is 14.1 Å². The third-order valence-corrected chi connectivity index (χ3v) is 12.6. The van der Waals surface area contributed by atoms with Crippen molar-refractivity contribution in [2.75, 3.05) is 0 Å². The Bertz CT molecular complexity index is 3380. The monoisotopic (exact) mass is 826 g/mol. The zero-order valence-electron chi connectivity index (χ0n) is 35.9. The normalized spacial score (nSPS) is 11.5. The van der Waals surface area contributed by atoms with Gasteiger partial charge in [-0.05, 0) is 112 Å². The Morgan fingerprint density at radius 2 is 1.16 bits per heavy atom. The fraction of sp³-hybridized carbons (Fsp3) is 0.0847. The van der Waals surface area contributed by atoms with Crippen molar-refractivity contribution < 1.29 is 9.30 Å². The number of benzene rings is 8. The third-order valence-electron chi connectivity index (χ3n) is 12.6. The van der Waals surface area contributed by atoms with Gasteiger partial charge in [0.1, 0.15) is 17.3 Å². The smallest absolute Gasteiger partial charge is 0.269 e. The fourth-order valence-corrected chi connectivity index (χ4v) is 9.42. The second-order valence-electron chi connectivity index (χ2n) is 16.4. The highest BCUT2D eigenvalue weighted by atomic mass is 16.5. The van der Waals surface area contributed by atoms with Gasteiger partial charge < -0.3 is 4.74 Å². The van der Waals surface area contributed by atoms with Gasteiger partial charge in [-0.15, -0.1) is 0 Å². The van der Waals surface area contributed by atoms with Crippen LogP contribution in [0.25, 0.3) is 83.4 Å². The molecule has 0 bridgehead atoms. The van der Waals surface area contributed by atoms with Crippen molar-refractivity contribution in [3.05, 3.63) is 224 Å². The van der Waals surface area contributed by atoms with E-state index < -0.39 is 0 Å². The van der Waals surface area contributed by atoms with Gasteiger partial charge in [0.05, 0.1) is 33.4 Å². The molecule has 0 fully saturated rings. The zero-order valence-corrected chi connectivity index (χ0v) is 35.9. The second kappa shape index (κ2) is 16.7. The Morgan fingerprint density at radius 3 is 1.88 bits per heavy atom. The first-order valence-corrected chi connectivity index (χ1v) is 22.2. The minimum absolute atomic E-state index is 0.487. The van der Waals surface area contributed by atoms with Crippen LogP contribution in [0.5, 0.6) is 11.5 Å². The molecule has 11 rings (SSSR count). The molecule has 0 aliphatic carbocycles. The van der Waals surface area contributed by atoms with Crippen molar-refractivity contribution in [2.45, 2.75) is 32.6 Å². The molecule has 5 heteroatoms. The van der Waals surface area contributed by atoms with Gasteiger partial charge in [-0.2, -0.15) is 0 Å². The maximum absolute atomic E-state index is 6.80. The lowest BCUT2D eigenvalue weighted by Gasteiger charge is -2.17. The summed E-state index contributed by atoms with van der Waals surface area (Å²) in [6.45, 7) is 4.52. The molecular formula is C59H46N4O. The molecule has 3 aromatic heterocycles. The van der Waals surface area contributed by atoms with Gasteiger partial charge in [-0.1, -0.05) is 159 Å². The summed E-state index contributed by atoms with van der Waals surface area (Å²) < 4.78 is 13.5. The molecule has 0 atom stereocenters. The van der Waals surface area contributed by atoms with Crippen LogP contribution < -0.4 is 9.30 Å². The predicted octanol–water partition coefficient (Wildman–Crippen LogP) is 14.9. The molecule has 0 N–H and O–H groups in total. The average molecular weight is 827 g/mol. The summed E-state index contributed by atoms with van der Waals surface area (Å²) in [4.78, 5) is 4.92. The molecule has 0 aliphatic heterocycles. The highest BCUT2D eigenvalue weighted by Crippen LogP contribution is 2.38. The van der Waals surface area contributed by atoms with E-state index in [2.05, 4.69) is 234 Å². The number of pyridine rings is 1. The minimum atomic E-state index is 0.487. The van der Waals surface area contributed by atoms with Crippen molar-refractivity contribution in [3.63, 3.8) is 0 Å². The molecule has 8 aromatic carbocycles. The first kappa shape index (κ1) is 38.9. The molecule has 0 spiro atoms. The SMILES string of the molecule is CCC(CC)c1ccnc(-n2c3ccccc3c3ccc(Oc4cccc(-n5[c-][n+](-c6c(-c7ccccc7)cccc6-c6ccccc6)c6cc(-c7ccccc7)ccc65)c4)cc32)c1. The quantitative estimate of drug-likeness (QED) is 0.0962. The molecule has 0 radical (unpaired) electrons. The molecule has 64 heavy (non-hydrogen) atoms. The van der Waals surface area contributed by atoms with E-state index in [0.29, 0.717) is 5.92 Å². The largest absolute Gasteiger partial charge is 0.458 e. The molecule has 0 aliphatic rings. The predicted molar refractivity (Wildman–Crippen MR) is 262 cm³/mol. The fourth-order valence-electron chi connectivity index (χ4n) is 9.42. The van der Waals surface area contributed by atoms with Gasteiger partial charge in [0, 0.05) is 23.0 Å². The molecule has 5 nitrogen and oxygen atoms in total. The van der Waals surface area contributed by atoms with Gasteiger partial charge in [0.2, 0.25) is 0 Å². The van der Waals surface area contributed by atoms with Crippen LogP contribution in [0, 0.1) is 6.33 Å². The summed E-state index contributed by atoms with van der Waals surface area (Å²) in [6, 6.07) is 72.9. The molecular weight excluding hydrogens is 781 g/mol. The highest BCUT2D eigenvalue weighted by molar-refractivity contribution is 6.09. The van der Waals surface area contributed by atoms with E-state index in [-0.39, 0.29) is 0 Å². The van der Waals surface area contributed by atoms with E-state index in [9.17, 15) is 0 Å². The van der Waals surface area contributed by atoms with Gasteiger partial charge >= 0.3 is 0 Å². The van der Waals surface area contributed by atoms with Gasteiger partial charge in [0.15, 0.2) is 0 Å². The van der Waals surface area contributed by atoms with Crippen molar-refractivity contribution >= 4 is 32.8 Å². The molecule has 0 saturated carbocycles. The molecule has 11 aromatic rings. The van der Waals surface area contributed by atoms with Crippen molar-refractivity contribution in [1.29, 1.82) is 0 Å². The summed E-state index contributed by atoms with van der Waals surface area (Å²) >= 11 is 0. The number of nitrogens with zero attached hydrogens (tertiary/aromatic N) is 4. The number of rotatable bonds is 11. The maximum Gasteiger partial charge on any atom is 0.269 e. The van der Waals surface area contributed by atoms with E-state index in [4.69, 9.17) is 9.72 Å². The van der Waals surface area contributed by atoms with Crippen LogP contribution >= 0.6 is 0 Å². The Labute approximate surface area is 373 Å².